The summed E-state index contributed by atoms with van der Waals surface area (Å²) in [4.78, 5) is 11.4. The SMILES string of the molecule is Cc1ccc(F)c(CNCCNC(=O)OC(C)(C)C)c1. The van der Waals surface area contributed by atoms with Crippen molar-refractivity contribution in [1.29, 1.82) is 0 Å². The first-order valence-electron chi connectivity index (χ1n) is 6.70. The Hall–Kier alpha value is -1.62. The Bertz CT molecular complexity index is 456. The third-order valence-corrected chi connectivity index (χ3v) is 2.49. The second kappa shape index (κ2) is 7.24. The van der Waals surface area contributed by atoms with E-state index >= 15 is 0 Å². The van der Waals surface area contributed by atoms with Crippen LogP contribution in [0, 0.1) is 12.7 Å². The molecular weight excluding hydrogens is 259 g/mol. The molecule has 0 spiro atoms. The maximum atomic E-state index is 13.5. The van der Waals surface area contributed by atoms with Gasteiger partial charge in [-0.3, -0.25) is 0 Å². The third-order valence-electron chi connectivity index (χ3n) is 2.49. The zero-order chi connectivity index (χ0) is 15.2. The van der Waals surface area contributed by atoms with Gasteiger partial charge in [0.05, 0.1) is 0 Å². The Balaban J connectivity index is 2.22. The molecule has 0 aliphatic rings. The van der Waals surface area contributed by atoms with Crippen molar-refractivity contribution in [3.63, 3.8) is 0 Å². The molecule has 0 saturated heterocycles. The summed E-state index contributed by atoms with van der Waals surface area (Å²) in [6, 6.07) is 5.01. The van der Waals surface area contributed by atoms with Gasteiger partial charge in [-0.15, -0.1) is 0 Å². The number of carbonyl (C=O) groups is 1. The fraction of sp³-hybridized carbons (Fsp3) is 0.533. The predicted octanol–water partition coefficient (Wildman–Crippen LogP) is 2.75. The Kier molecular flexibility index (Phi) is 5.95. The number of benzene rings is 1. The highest BCUT2D eigenvalue weighted by molar-refractivity contribution is 5.67. The van der Waals surface area contributed by atoms with Crippen molar-refractivity contribution < 1.29 is 13.9 Å². The van der Waals surface area contributed by atoms with E-state index in [1.54, 1.807) is 6.07 Å². The molecule has 0 unspecified atom stereocenters. The van der Waals surface area contributed by atoms with Gasteiger partial charge in [0.15, 0.2) is 0 Å². The fourth-order valence-corrected chi connectivity index (χ4v) is 1.63. The molecule has 1 aromatic carbocycles. The lowest BCUT2D eigenvalue weighted by Gasteiger charge is -2.19. The van der Waals surface area contributed by atoms with Gasteiger partial charge in [0.2, 0.25) is 0 Å². The first kappa shape index (κ1) is 16.4. The van der Waals surface area contributed by atoms with Crippen LogP contribution in [0.25, 0.3) is 0 Å². The Morgan fingerprint density at radius 2 is 2.00 bits per heavy atom. The molecule has 0 atom stereocenters. The molecule has 0 saturated carbocycles. The molecular formula is C15H23FN2O2. The lowest BCUT2D eigenvalue weighted by Crippen LogP contribution is -2.36. The van der Waals surface area contributed by atoms with Gasteiger partial charge >= 0.3 is 6.09 Å². The summed E-state index contributed by atoms with van der Waals surface area (Å²) in [5, 5.41) is 5.71. The van der Waals surface area contributed by atoms with E-state index in [1.165, 1.54) is 6.07 Å². The molecule has 0 aromatic heterocycles. The molecule has 1 rings (SSSR count). The summed E-state index contributed by atoms with van der Waals surface area (Å²) in [5.41, 5.74) is 1.15. The van der Waals surface area contributed by atoms with E-state index in [1.807, 2.05) is 33.8 Å². The highest BCUT2D eigenvalue weighted by atomic mass is 19.1. The quantitative estimate of drug-likeness (QED) is 0.816. The Morgan fingerprint density at radius 1 is 1.30 bits per heavy atom. The lowest BCUT2D eigenvalue weighted by molar-refractivity contribution is 0.0528. The maximum Gasteiger partial charge on any atom is 0.407 e. The van der Waals surface area contributed by atoms with Gasteiger partial charge in [0, 0.05) is 25.2 Å². The molecule has 1 aromatic rings. The van der Waals surface area contributed by atoms with Crippen LogP contribution in [0.2, 0.25) is 0 Å². The molecule has 0 aliphatic carbocycles. The van der Waals surface area contributed by atoms with Crippen LogP contribution in [-0.2, 0) is 11.3 Å². The van der Waals surface area contributed by atoms with E-state index in [9.17, 15) is 9.18 Å². The van der Waals surface area contributed by atoms with Crippen LogP contribution < -0.4 is 10.6 Å². The topological polar surface area (TPSA) is 50.4 Å². The Morgan fingerprint density at radius 3 is 2.65 bits per heavy atom. The van der Waals surface area contributed by atoms with Crippen LogP contribution in [0.15, 0.2) is 18.2 Å². The molecule has 0 bridgehead atoms. The first-order valence-corrected chi connectivity index (χ1v) is 6.70. The standard InChI is InChI=1S/C15H23FN2O2/c1-11-5-6-13(16)12(9-11)10-17-7-8-18-14(19)20-15(2,3)4/h5-6,9,17H,7-8,10H2,1-4H3,(H,18,19). The summed E-state index contributed by atoms with van der Waals surface area (Å²) in [6.07, 6.45) is -0.443. The highest BCUT2D eigenvalue weighted by Crippen LogP contribution is 2.09. The van der Waals surface area contributed by atoms with Gasteiger partial charge in [-0.1, -0.05) is 17.7 Å². The molecule has 2 N–H and O–H groups in total. The summed E-state index contributed by atoms with van der Waals surface area (Å²) in [5.74, 6) is -0.219. The van der Waals surface area contributed by atoms with Crippen LogP contribution in [0.5, 0.6) is 0 Å². The van der Waals surface area contributed by atoms with Crippen molar-refractivity contribution in [3.05, 3.63) is 35.1 Å². The zero-order valence-electron chi connectivity index (χ0n) is 12.5. The summed E-state index contributed by atoms with van der Waals surface area (Å²) in [7, 11) is 0. The lowest BCUT2D eigenvalue weighted by atomic mass is 10.1. The zero-order valence-corrected chi connectivity index (χ0v) is 12.5. The van der Waals surface area contributed by atoms with Gasteiger partial charge in [0.25, 0.3) is 0 Å². The largest absolute Gasteiger partial charge is 0.444 e. The smallest absolute Gasteiger partial charge is 0.407 e. The number of hydrogen-bond acceptors (Lipinski definition) is 3. The molecule has 5 heteroatoms. The van der Waals surface area contributed by atoms with E-state index in [-0.39, 0.29) is 5.82 Å². The van der Waals surface area contributed by atoms with Crippen molar-refractivity contribution in [1.82, 2.24) is 10.6 Å². The predicted molar refractivity (Wildman–Crippen MR) is 77.1 cm³/mol. The van der Waals surface area contributed by atoms with Crippen molar-refractivity contribution in [2.24, 2.45) is 0 Å². The number of carbonyl (C=O) groups excluding carboxylic acids is 1. The highest BCUT2D eigenvalue weighted by Gasteiger charge is 2.15. The minimum atomic E-state index is -0.498. The maximum absolute atomic E-state index is 13.5. The van der Waals surface area contributed by atoms with E-state index in [2.05, 4.69) is 10.6 Å². The van der Waals surface area contributed by atoms with Crippen LogP contribution in [0.3, 0.4) is 0 Å². The van der Waals surface area contributed by atoms with Crippen LogP contribution in [0.1, 0.15) is 31.9 Å². The summed E-state index contributed by atoms with van der Waals surface area (Å²) in [6.45, 7) is 8.77. The molecule has 20 heavy (non-hydrogen) atoms. The monoisotopic (exact) mass is 282 g/mol. The number of nitrogens with one attached hydrogen (secondary N) is 2. The minimum Gasteiger partial charge on any atom is -0.444 e. The molecule has 0 aliphatic heterocycles. The van der Waals surface area contributed by atoms with Gasteiger partial charge < -0.3 is 15.4 Å². The number of rotatable bonds is 5. The second-order valence-electron chi connectivity index (χ2n) is 5.70. The third kappa shape index (κ3) is 6.52. The van der Waals surface area contributed by atoms with Crippen LogP contribution in [-0.4, -0.2) is 24.8 Å². The van der Waals surface area contributed by atoms with E-state index in [4.69, 9.17) is 4.74 Å². The van der Waals surface area contributed by atoms with Gasteiger partial charge in [-0.2, -0.15) is 0 Å². The molecule has 4 nitrogen and oxygen atoms in total. The van der Waals surface area contributed by atoms with Gasteiger partial charge in [-0.25, -0.2) is 9.18 Å². The molecule has 0 heterocycles. The minimum absolute atomic E-state index is 0.219. The van der Waals surface area contributed by atoms with Crippen molar-refractivity contribution in [3.8, 4) is 0 Å². The molecule has 1 amide bonds. The van der Waals surface area contributed by atoms with Crippen LogP contribution >= 0.6 is 0 Å². The van der Waals surface area contributed by atoms with Gasteiger partial charge in [0.1, 0.15) is 11.4 Å². The molecule has 0 radical (unpaired) electrons. The van der Waals surface area contributed by atoms with E-state index in [0.717, 1.165) is 5.56 Å². The van der Waals surface area contributed by atoms with Gasteiger partial charge in [-0.05, 0) is 33.8 Å². The van der Waals surface area contributed by atoms with E-state index < -0.39 is 11.7 Å². The number of alkyl carbamates (subject to hydrolysis) is 1. The number of halogens is 1. The molecule has 112 valence electrons. The normalized spacial score (nSPS) is 11.2. The summed E-state index contributed by atoms with van der Waals surface area (Å²) < 4.78 is 18.6. The summed E-state index contributed by atoms with van der Waals surface area (Å²) >= 11 is 0. The first-order chi connectivity index (χ1) is 9.28. The van der Waals surface area contributed by atoms with Crippen LogP contribution in [0.4, 0.5) is 9.18 Å². The van der Waals surface area contributed by atoms with Crippen molar-refractivity contribution >= 4 is 6.09 Å². The number of amides is 1. The number of aryl methyl sites for hydroxylation is 1. The average Bonchev–Trinajstić information content (AvgIpc) is 2.30. The van der Waals surface area contributed by atoms with Crippen molar-refractivity contribution in [2.45, 2.75) is 39.8 Å². The van der Waals surface area contributed by atoms with Crippen molar-refractivity contribution in [2.75, 3.05) is 13.1 Å². The molecule has 0 fully saturated rings. The fourth-order valence-electron chi connectivity index (χ4n) is 1.63. The second-order valence-corrected chi connectivity index (χ2v) is 5.70. The Labute approximate surface area is 119 Å². The number of ether oxygens (including phenoxy) is 1. The van der Waals surface area contributed by atoms with E-state index in [0.29, 0.717) is 25.2 Å². The number of hydrogen-bond donors (Lipinski definition) is 2. The average molecular weight is 282 g/mol.